The number of carbonyl (C=O) groups is 2. The van der Waals surface area contributed by atoms with E-state index in [0.717, 1.165) is 0 Å². The highest BCUT2D eigenvalue weighted by Crippen LogP contribution is 2.35. The van der Waals surface area contributed by atoms with Crippen molar-refractivity contribution in [3.05, 3.63) is 0 Å². The molecule has 136 valence electrons. The fourth-order valence-electron chi connectivity index (χ4n) is 1.89. The third-order valence-corrected chi connectivity index (χ3v) is 4.33. The van der Waals surface area contributed by atoms with Gasteiger partial charge in [-0.15, -0.1) is 0 Å². The molecule has 0 rings (SSSR count). The van der Waals surface area contributed by atoms with E-state index in [0.29, 0.717) is 6.42 Å². The summed E-state index contributed by atoms with van der Waals surface area (Å²) >= 11 is 0. The van der Waals surface area contributed by atoms with Crippen molar-refractivity contribution in [3.8, 4) is 0 Å². The van der Waals surface area contributed by atoms with Crippen LogP contribution in [-0.2, 0) is 29.2 Å². The number of alkyl halides is 2. The van der Waals surface area contributed by atoms with Gasteiger partial charge in [-0.2, -0.15) is 17.2 Å². The molecule has 7 nitrogen and oxygen atoms in total. The van der Waals surface area contributed by atoms with E-state index in [1.807, 2.05) is 13.8 Å². The molecule has 0 radical (unpaired) electrons. The van der Waals surface area contributed by atoms with Crippen molar-refractivity contribution >= 4 is 22.1 Å². The van der Waals surface area contributed by atoms with Gasteiger partial charge in [0.15, 0.2) is 0 Å². The maximum Gasteiger partial charge on any atom is 0.465 e. The van der Waals surface area contributed by atoms with Crippen LogP contribution in [0.1, 0.15) is 41.0 Å². The maximum absolute atomic E-state index is 12.9. The first kappa shape index (κ1) is 21.7. The molecule has 0 aliphatic rings. The first-order valence-corrected chi connectivity index (χ1v) is 8.29. The molecular formula is C13H22F2O7S. The van der Waals surface area contributed by atoms with Crippen LogP contribution in [0.2, 0.25) is 0 Å². The lowest BCUT2D eigenvalue weighted by Crippen LogP contribution is -2.40. The molecule has 0 saturated heterocycles. The molecule has 0 heterocycles. The smallest absolute Gasteiger partial charge is 0.427 e. The topological polar surface area (TPSA) is 107 Å². The predicted molar refractivity (Wildman–Crippen MR) is 75.9 cm³/mol. The van der Waals surface area contributed by atoms with Crippen LogP contribution in [0.5, 0.6) is 0 Å². The summed E-state index contributed by atoms with van der Waals surface area (Å²) in [6, 6.07) is 0. The van der Waals surface area contributed by atoms with E-state index in [1.54, 1.807) is 20.8 Å². The maximum atomic E-state index is 12.9. The number of carbonyl (C=O) groups excluding carboxylic acids is 2. The minimum absolute atomic E-state index is 0.132. The molecule has 0 bridgehead atoms. The molecule has 0 fully saturated rings. The molecule has 0 aromatic rings. The summed E-state index contributed by atoms with van der Waals surface area (Å²) in [5.41, 5.74) is -0.924. The van der Waals surface area contributed by atoms with E-state index < -0.39 is 39.5 Å². The van der Waals surface area contributed by atoms with Gasteiger partial charge in [0.25, 0.3) is 0 Å². The van der Waals surface area contributed by atoms with Gasteiger partial charge in [-0.3, -0.25) is 9.35 Å². The number of hydrogen-bond acceptors (Lipinski definition) is 6. The lowest BCUT2D eigenvalue weighted by Gasteiger charge is -2.32. The Labute approximate surface area is 134 Å². The fraction of sp³-hybridized carbons (Fsp3) is 0.846. The third-order valence-electron chi connectivity index (χ3n) is 3.51. The molecular weight excluding hydrogens is 338 g/mol. The molecule has 0 aliphatic heterocycles. The van der Waals surface area contributed by atoms with Gasteiger partial charge >= 0.3 is 27.3 Å². The number of ether oxygens (including phenoxy) is 2. The van der Waals surface area contributed by atoms with Gasteiger partial charge in [0.2, 0.25) is 6.79 Å². The van der Waals surface area contributed by atoms with E-state index in [4.69, 9.17) is 4.55 Å². The zero-order valence-electron chi connectivity index (χ0n) is 13.6. The molecule has 0 aromatic carbocycles. The Morgan fingerprint density at radius 3 is 1.87 bits per heavy atom. The number of hydrogen-bond donors (Lipinski definition) is 1. The van der Waals surface area contributed by atoms with E-state index in [-0.39, 0.29) is 11.8 Å². The first-order chi connectivity index (χ1) is 10.2. The van der Waals surface area contributed by atoms with Crippen molar-refractivity contribution in [2.45, 2.75) is 46.3 Å². The molecule has 23 heavy (non-hydrogen) atoms. The van der Waals surface area contributed by atoms with Gasteiger partial charge in [-0.05, 0) is 25.2 Å². The SMILES string of the molecule is CC(C)CC(C)(C(=O)OCOC(=O)C(F)(F)S(=O)(=O)O)C(C)C. The van der Waals surface area contributed by atoms with E-state index in [1.165, 1.54) is 0 Å². The predicted octanol–water partition coefficient (Wildman–Crippen LogP) is 2.22. The van der Waals surface area contributed by atoms with Crippen LogP contribution in [-0.4, -0.2) is 37.0 Å². The average Bonchev–Trinajstić information content (AvgIpc) is 2.35. The molecule has 0 saturated carbocycles. The molecule has 1 unspecified atom stereocenters. The van der Waals surface area contributed by atoms with Gasteiger partial charge in [-0.25, -0.2) is 4.79 Å². The van der Waals surface area contributed by atoms with Crippen molar-refractivity contribution in [1.82, 2.24) is 0 Å². The van der Waals surface area contributed by atoms with Gasteiger partial charge in [0, 0.05) is 0 Å². The summed E-state index contributed by atoms with van der Waals surface area (Å²) < 4.78 is 63.4. The summed E-state index contributed by atoms with van der Waals surface area (Å²) in [6.45, 7) is 7.79. The second kappa shape index (κ2) is 7.52. The number of esters is 2. The molecule has 1 N–H and O–H groups in total. The largest absolute Gasteiger partial charge is 0.465 e. The second-order valence-electron chi connectivity index (χ2n) is 6.14. The quantitative estimate of drug-likeness (QED) is 0.402. The highest BCUT2D eigenvalue weighted by Gasteiger charge is 2.54. The second-order valence-corrected chi connectivity index (χ2v) is 7.61. The standard InChI is InChI=1S/C13H22F2O7S/c1-8(2)6-12(5,9(3)4)10(16)21-7-22-11(17)13(14,15)23(18,19)20/h8-9H,6-7H2,1-5H3,(H,18,19,20). The zero-order chi connectivity index (χ0) is 18.6. The Morgan fingerprint density at radius 1 is 1.09 bits per heavy atom. The van der Waals surface area contributed by atoms with Gasteiger partial charge in [-0.1, -0.05) is 27.7 Å². The summed E-state index contributed by atoms with van der Waals surface area (Å²) in [5.74, 6) is -3.26. The lowest BCUT2D eigenvalue weighted by molar-refractivity contribution is -0.185. The monoisotopic (exact) mass is 360 g/mol. The number of halogens is 2. The van der Waals surface area contributed by atoms with Crippen LogP contribution in [0, 0.1) is 17.3 Å². The third kappa shape index (κ3) is 5.38. The molecule has 0 aromatic heterocycles. The molecule has 0 aliphatic carbocycles. The zero-order valence-corrected chi connectivity index (χ0v) is 14.4. The van der Waals surface area contributed by atoms with E-state index in [9.17, 15) is 26.8 Å². The van der Waals surface area contributed by atoms with Crippen molar-refractivity contribution in [2.24, 2.45) is 17.3 Å². The van der Waals surface area contributed by atoms with E-state index >= 15 is 0 Å². The number of rotatable bonds is 8. The highest BCUT2D eigenvalue weighted by molar-refractivity contribution is 7.87. The van der Waals surface area contributed by atoms with Crippen LogP contribution < -0.4 is 0 Å². The minimum atomic E-state index is -5.96. The van der Waals surface area contributed by atoms with Crippen LogP contribution in [0.25, 0.3) is 0 Å². The lowest BCUT2D eigenvalue weighted by atomic mass is 9.73. The van der Waals surface area contributed by atoms with Crippen molar-refractivity contribution in [2.75, 3.05) is 6.79 Å². The Bertz CT molecular complexity index is 543. The van der Waals surface area contributed by atoms with Crippen LogP contribution in [0.4, 0.5) is 8.78 Å². The van der Waals surface area contributed by atoms with E-state index in [2.05, 4.69) is 9.47 Å². The van der Waals surface area contributed by atoms with Gasteiger partial charge in [0.1, 0.15) is 0 Å². The van der Waals surface area contributed by atoms with Crippen molar-refractivity contribution < 1.29 is 40.8 Å². The Morgan fingerprint density at radius 2 is 1.52 bits per heavy atom. The molecule has 10 heteroatoms. The summed E-state index contributed by atoms with van der Waals surface area (Å²) in [6.07, 6.45) is 0.457. The highest BCUT2D eigenvalue weighted by atomic mass is 32.2. The van der Waals surface area contributed by atoms with Crippen molar-refractivity contribution in [1.29, 1.82) is 0 Å². The summed E-state index contributed by atoms with van der Waals surface area (Å²) in [4.78, 5) is 23.1. The molecule has 1 atom stereocenters. The molecule has 0 spiro atoms. The summed E-state index contributed by atoms with van der Waals surface area (Å²) in [5, 5.41) is -5.13. The Balaban J connectivity index is 4.81. The van der Waals surface area contributed by atoms with Gasteiger partial charge in [0.05, 0.1) is 5.41 Å². The van der Waals surface area contributed by atoms with Crippen LogP contribution in [0.3, 0.4) is 0 Å². The van der Waals surface area contributed by atoms with Gasteiger partial charge < -0.3 is 9.47 Å². The van der Waals surface area contributed by atoms with Crippen LogP contribution >= 0.6 is 0 Å². The van der Waals surface area contributed by atoms with Crippen molar-refractivity contribution in [3.63, 3.8) is 0 Å². The minimum Gasteiger partial charge on any atom is -0.427 e. The average molecular weight is 360 g/mol. The summed E-state index contributed by atoms with van der Waals surface area (Å²) in [7, 11) is -5.96. The molecule has 0 amide bonds. The normalized spacial score (nSPS) is 15.4. The Kier molecular flexibility index (Phi) is 7.10. The van der Waals surface area contributed by atoms with Crippen LogP contribution in [0.15, 0.2) is 0 Å². The fourth-order valence-corrected chi connectivity index (χ4v) is 2.16. The first-order valence-electron chi connectivity index (χ1n) is 6.85. The Hall–Kier alpha value is -1.29.